The number of benzene rings is 1. The van der Waals surface area contributed by atoms with Crippen LogP contribution in [0.15, 0.2) is 24.3 Å². The summed E-state index contributed by atoms with van der Waals surface area (Å²) in [7, 11) is 0. The largest absolute Gasteiger partial charge is 0.467 e. The van der Waals surface area contributed by atoms with Crippen molar-refractivity contribution in [3.05, 3.63) is 35.4 Å². The van der Waals surface area contributed by atoms with Crippen LogP contribution in [0.4, 0.5) is 5.82 Å². The number of hydrogen-bond donors (Lipinski definition) is 1. The Labute approximate surface area is 135 Å². The zero-order valence-corrected chi connectivity index (χ0v) is 13.1. The Kier molecular flexibility index (Phi) is 4.45. The number of nitrogens with two attached hydrogens (primary N) is 1. The maximum atomic E-state index is 5.80. The number of nitrogens with zero attached hydrogens (tertiary/aromatic N) is 2. The molecule has 1 saturated carbocycles. The minimum absolute atomic E-state index is 0.165. The van der Waals surface area contributed by atoms with E-state index in [-0.39, 0.29) is 6.79 Å². The summed E-state index contributed by atoms with van der Waals surface area (Å²) in [5.74, 6) is 4.20. The zero-order valence-electron chi connectivity index (χ0n) is 13.1. The van der Waals surface area contributed by atoms with Gasteiger partial charge in [0.25, 0.3) is 0 Å². The van der Waals surface area contributed by atoms with Gasteiger partial charge in [-0.15, -0.1) is 16.6 Å². The molecule has 0 aliphatic heterocycles. The van der Waals surface area contributed by atoms with Crippen LogP contribution in [0, 0.1) is 12.3 Å². The van der Waals surface area contributed by atoms with Gasteiger partial charge in [-0.2, -0.15) is 0 Å². The Morgan fingerprint density at radius 2 is 2.13 bits per heavy atom. The van der Waals surface area contributed by atoms with Gasteiger partial charge >= 0.3 is 0 Å². The molecule has 5 heteroatoms. The summed E-state index contributed by atoms with van der Waals surface area (Å²) in [5.41, 5.74) is 9.33. The summed E-state index contributed by atoms with van der Waals surface area (Å²) < 4.78 is 11.0. The summed E-state index contributed by atoms with van der Waals surface area (Å²) in [5, 5.41) is 8.31. The van der Waals surface area contributed by atoms with Crippen LogP contribution >= 0.6 is 0 Å². The fourth-order valence-electron chi connectivity index (χ4n) is 2.45. The molecular formula is C18H19N3O2. The first-order valence-electron chi connectivity index (χ1n) is 7.67. The molecule has 118 valence electrons. The maximum absolute atomic E-state index is 5.80. The molecule has 2 N–H and O–H groups in total. The van der Waals surface area contributed by atoms with Crippen LogP contribution < -0.4 is 10.5 Å². The fraction of sp³-hybridized carbons (Fsp3) is 0.333. The van der Waals surface area contributed by atoms with Crippen LogP contribution in [-0.2, 0) is 4.74 Å². The lowest BCUT2D eigenvalue weighted by Gasteiger charge is -2.14. The van der Waals surface area contributed by atoms with Gasteiger partial charge in [-0.25, -0.2) is 0 Å². The third-order valence-corrected chi connectivity index (χ3v) is 3.76. The normalized spacial score (nSPS) is 13.6. The molecular weight excluding hydrogens is 290 g/mol. The Bertz CT molecular complexity index is 748. The standard InChI is InChI=1S/C18H19N3O2/c1-3-12-5-8-14(16(9-12)23-11-22-4-2)18-15(13-6-7-13)10-17(19)20-21-18/h1,5,8-10,13H,4,6-7,11H2,2H3,(H2,19,20). The van der Waals surface area contributed by atoms with Gasteiger partial charge in [0.05, 0.1) is 0 Å². The Morgan fingerprint density at radius 3 is 2.83 bits per heavy atom. The molecule has 3 rings (SSSR count). The summed E-state index contributed by atoms with van der Waals surface area (Å²) >= 11 is 0. The van der Waals surface area contributed by atoms with Gasteiger partial charge in [-0.05, 0) is 55.5 Å². The molecule has 1 aliphatic carbocycles. The van der Waals surface area contributed by atoms with E-state index in [1.54, 1.807) is 0 Å². The van der Waals surface area contributed by atoms with Crippen molar-refractivity contribution >= 4 is 5.82 Å². The molecule has 1 fully saturated rings. The lowest BCUT2D eigenvalue weighted by Crippen LogP contribution is -2.05. The third kappa shape index (κ3) is 3.43. The second kappa shape index (κ2) is 6.67. The number of terminal acetylenes is 1. The van der Waals surface area contributed by atoms with Gasteiger partial charge in [0.2, 0.25) is 0 Å². The monoisotopic (exact) mass is 309 g/mol. The van der Waals surface area contributed by atoms with Crippen molar-refractivity contribution < 1.29 is 9.47 Å². The quantitative estimate of drug-likeness (QED) is 0.504. The van der Waals surface area contributed by atoms with Gasteiger partial charge in [-0.3, -0.25) is 0 Å². The van der Waals surface area contributed by atoms with Crippen LogP contribution in [0.2, 0.25) is 0 Å². The van der Waals surface area contributed by atoms with E-state index in [0.29, 0.717) is 24.1 Å². The van der Waals surface area contributed by atoms with Crippen molar-refractivity contribution in [3.8, 4) is 29.4 Å². The second-order valence-corrected chi connectivity index (χ2v) is 5.46. The van der Waals surface area contributed by atoms with E-state index in [0.717, 1.165) is 35.2 Å². The minimum Gasteiger partial charge on any atom is -0.467 e. The average molecular weight is 309 g/mol. The summed E-state index contributed by atoms with van der Waals surface area (Å²) in [6, 6.07) is 7.52. The van der Waals surface area contributed by atoms with Gasteiger partial charge in [0, 0.05) is 17.7 Å². The zero-order chi connectivity index (χ0) is 16.2. The maximum Gasteiger partial charge on any atom is 0.189 e. The highest BCUT2D eigenvalue weighted by Gasteiger charge is 2.29. The third-order valence-electron chi connectivity index (χ3n) is 3.76. The van der Waals surface area contributed by atoms with Gasteiger partial charge in [0.1, 0.15) is 17.3 Å². The van der Waals surface area contributed by atoms with E-state index in [1.807, 2.05) is 31.2 Å². The molecule has 0 unspecified atom stereocenters. The van der Waals surface area contributed by atoms with E-state index in [4.69, 9.17) is 21.6 Å². The molecule has 0 atom stereocenters. The summed E-state index contributed by atoms with van der Waals surface area (Å²) in [6.07, 6.45) is 7.79. The number of aromatic nitrogens is 2. The molecule has 23 heavy (non-hydrogen) atoms. The number of ether oxygens (including phenoxy) is 2. The van der Waals surface area contributed by atoms with Crippen LogP contribution in [0.25, 0.3) is 11.3 Å². The molecule has 2 aromatic rings. The predicted octanol–water partition coefficient (Wildman–Crippen LogP) is 2.96. The smallest absolute Gasteiger partial charge is 0.189 e. The number of hydrogen-bond acceptors (Lipinski definition) is 5. The molecule has 0 radical (unpaired) electrons. The Hall–Kier alpha value is -2.58. The topological polar surface area (TPSA) is 70.3 Å². The first-order valence-corrected chi connectivity index (χ1v) is 7.67. The number of rotatable bonds is 6. The first-order chi connectivity index (χ1) is 11.2. The van der Waals surface area contributed by atoms with Gasteiger partial charge < -0.3 is 15.2 Å². The molecule has 1 heterocycles. The van der Waals surface area contributed by atoms with Crippen molar-refractivity contribution in [1.82, 2.24) is 10.2 Å². The van der Waals surface area contributed by atoms with E-state index >= 15 is 0 Å². The second-order valence-electron chi connectivity index (χ2n) is 5.46. The lowest BCUT2D eigenvalue weighted by atomic mass is 10.0. The van der Waals surface area contributed by atoms with Crippen molar-refractivity contribution in [3.63, 3.8) is 0 Å². The molecule has 1 aromatic heterocycles. The highest BCUT2D eigenvalue weighted by atomic mass is 16.7. The first kappa shape index (κ1) is 15.3. The van der Waals surface area contributed by atoms with Crippen LogP contribution in [-0.4, -0.2) is 23.6 Å². The van der Waals surface area contributed by atoms with Gasteiger partial charge in [0.15, 0.2) is 6.79 Å². The molecule has 0 spiro atoms. The van der Waals surface area contributed by atoms with Crippen LogP contribution in [0.3, 0.4) is 0 Å². The van der Waals surface area contributed by atoms with E-state index < -0.39 is 0 Å². The summed E-state index contributed by atoms with van der Waals surface area (Å²) in [6.45, 7) is 2.66. The highest BCUT2D eigenvalue weighted by molar-refractivity contribution is 5.72. The molecule has 0 saturated heterocycles. The van der Waals surface area contributed by atoms with Crippen molar-refractivity contribution in [2.45, 2.75) is 25.7 Å². The predicted molar refractivity (Wildman–Crippen MR) is 88.9 cm³/mol. The number of anilines is 1. The van der Waals surface area contributed by atoms with E-state index in [9.17, 15) is 0 Å². The highest BCUT2D eigenvalue weighted by Crippen LogP contribution is 2.45. The Morgan fingerprint density at radius 1 is 1.30 bits per heavy atom. The molecule has 1 aliphatic rings. The Balaban J connectivity index is 2.03. The lowest BCUT2D eigenvalue weighted by molar-refractivity contribution is 0.0227. The average Bonchev–Trinajstić information content (AvgIpc) is 3.40. The van der Waals surface area contributed by atoms with Crippen LogP contribution in [0.5, 0.6) is 5.75 Å². The minimum atomic E-state index is 0.165. The molecule has 0 amide bonds. The molecule has 5 nitrogen and oxygen atoms in total. The van der Waals surface area contributed by atoms with E-state index in [2.05, 4.69) is 16.1 Å². The van der Waals surface area contributed by atoms with Crippen LogP contribution in [0.1, 0.15) is 36.8 Å². The fourth-order valence-corrected chi connectivity index (χ4v) is 2.45. The van der Waals surface area contributed by atoms with Crippen molar-refractivity contribution in [2.24, 2.45) is 0 Å². The van der Waals surface area contributed by atoms with E-state index in [1.165, 1.54) is 0 Å². The van der Waals surface area contributed by atoms with Gasteiger partial charge in [-0.1, -0.05) is 5.92 Å². The van der Waals surface area contributed by atoms with Crippen molar-refractivity contribution in [2.75, 3.05) is 19.1 Å². The summed E-state index contributed by atoms with van der Waals surface area (Å²) in [4.78, 5) is 0. The van der Waals surface area contributed by atoms with Crippen molar-refractivity contribution in [1.29, 1.82) is 0 Å². The number of nitrogen functional groups attached to an aromatic ring is 1. The molecule has 1 aromatic carbocycles. The molecule has 0 bridgehead atoms. The SMILES string of the molecule is C#Cc1ccc(-c2nnc(N)cc2C2CC2)c(OCOCC)c1.